The van der Waals surface area contributed by atoms with Crippen LogP contribution in [-0.2, 0) is 0 Å². The van der Waals surface area contributed by atoms with Crippen LogP contribution in [0.15, 0.2) is 24.3 Å². The summed E-state index contributed by atoms with van der Waals surface area (Å²) in [5, 5.41) is 4.56. The lowest BCUT2D eigenvalue weighted by atomic mass is 10.2. The minimum Gasteiger partial charge on any atom is -0.494 e. The molecule has 0 spiro atoms. The first-order chi connectivity index (χ1) is 7.26. The van der Waals surface area contributed by atoms with Gasteiger partial charge in [0.15, 0.2) is 0 Å². The first kappa shape index (κ1) is 10.1. The van der Waals surface area contributed by atoms with Gasteiger partial charge in [0.1, 0.15) is 17.1 Å². The molecule has 0 unspecified atom stereocenters. The molecular formula is C11H11ClN2O. The molecule has 1 aromatic heterocycles. The molecule has 0 fully saturated rings. The molecule has 1 aromatic carbocycles. The van der Waals surface area contributed by atoms with E-state index in [1.54, 1.807) is 7.11 Å². The Labute approximate surface area is 93.0 Å². The zero-order chi connectivity index (χ0) is 10.8. The molecule has 15 heavy (non-hydrogen) atoms. The molecule has 0 aliphatic carbocycles. The Morgan fingerprint density at radius 2 is 2.07 bits per heavy atom. The third-order valence-electron chi connectivity index (χ3n) is 2.24. The molecule has 0 amide bonds. The normalized spacial score (nSPS) is 10.3. The van der Waals surface area contributed by atoms with E-state index in [0.29, 0.717) is 5.02 Å². The van der Waals surface area contributed by atoms with Crippen LogP contribution in [0, 0.1) is 0 Å². The number of hydrogen-bond donors (Lipinski definition) is 1. The molecule has 2 aromatic rings. The van der Waals surface area contributed by atoms with E-state index in [1.165, 1.54) is 0 Å². The van der Waals surface area contributed by atoms with Crippen LogP contribution in [0.5, 0.6) is 5.75 Å². The Bertz CT molecular complexity index is 499. The van der Waals surface area contributed by atoms with Gasteiger partial charge in [0.25, 0.3) is 0 Å². The fraction of sp³-hybridized carbons (Fsp3) is 0.182. The molecule has 78 valence electrons. The van der Waals surface area contributed by atoms with Crippen LogP contribution >= 0.6 is 11.6 Å². The van der Waals surface area contributed by atoms with Crippen molar-refractivity contribution in [3.8, 4) is 5.75 Å². The first-order valence-corrected chi connectivity index (χ1v) is 4.95. The lowest BCUT2D eigenvalue weighted by Crippen LogP contribution is -1.94. The summed E-state index contributed by atoms with van der Waals surface area (Å²) in [6.45, 7) is 0. The molecule has 0 atom stereocenters. The maximum Gasteiger partial charge on any atom is 0.145 e. The molecule has 0 aliphatic heterocycles. The number of ether oxygens (including phenoxy) is 1. The number of anilines is 1. The van der Waals surface area contributed by atoms with Crippen molar-refractivity contribution in [1.82, 2.24) is 4.98 Å². The highest BCUT2D eigenvalue weighted by molar-refractivity contribution is 6.35. The predicted octanol–water partition coefficient (Wildman–Crippen LogP) is 2.94. The smallest absolute Gasteiger partial charge is 0.145 e. The minimum atomic E-state index is 0.681. The average Bonchev–Trinajstić information content (AvgIpc) is 2.29. The lowest BCUT2D eigenvalue weighted by Gasteiger charge is -2.07. The van der Waals surface area contributed by atoms with Crippen molar-refractivity contribution in [3.05, 3.63) is 29.3 Å². The van der Waals surface area contributed by atoms with Gasteiger partial charge in [-0.05, 0) is 24.3 Å². The summed E-state index contributed by atoms with van der Waals surface area (Å²) in [5.74, 6) is 1.52. The van der Waals surface area contributed by atoms with E-state index in [0.717, 1.165) is 22.5 Å². The summed E-state index contributed by atoms with van der Waals surface area (Å²) in [7, 11) is 3.45. The van der Waals surface area contributed by atoms with Crippen LogP contribution in [0.25, 0.3) is 10.9 Å². The van der Waals surface area contributed by atoms with Crippen LogP contribution in [0.3, 0.4) is 0 Å². The van der Waals surface area contributed by atoms with E-state index in [9.17, 15) is 0 Å². The highest BCUT2D eigenvalue weighted by atomic mass is 35.5. The Morgan fingerprint density at radius 3 is 2.73 bits per heavy atom. The molecular weight excluding hydrogens is 212 g/mol. The quantitative estimate of drug-likeness (QED) is 0.849. The van der Waals surface area contributed by atoms with Gasteiger partial charge >= 0.3 is 0 Å². The Hall–Kier alpha value is -1.48. The molecule has 0 bridgehead atoms. The number of fused-ring (bicyclic) bond motifs is 1. The standard InChI is InChI=1S/C11H11ClN2O/c1-13-10-6-3-7-8(12)4-5-9(15-2)11(7)14-10/h3-6H,1-2H3,(H,13,14). The molecule has 0 saturated carbocycles. The predicted molar refractivity (Wildman–Crippen MR) is 62.9 cm³/mol. The van der Waals surface area contributed by atoms with Gasteiger partial charge < -0.3 is 10.1 Å². The average molecular weight is 223 g/mol. The lowest BCUT2D eigenvalue weighted by molar-refractivity contribution is 0.419. The Balaban J connectivity index is 2.77. The second kappa shape index (κ2) is 3.95. The third-order valence-corrected chi connectivity index (χ3v) is 2.57. The highest BCUT2D eigenvalue weighted by Crippen LogP contribution is 2.30. The van der Waals surface area contributed by atoms with Crippen molar-refractivity contribution >= 4 is 28.3 Å². The summed E-state index contributed by atoms with van der Waals surface area (Å²) in [4.78, 5) is 4.40. The van der Waals surface area contributed by atoms with Gasteiger partial charge in [-0.15, -0.1) is 0 Å². The van der Waals surface area contributed by atoms with Gasteiger partial charge in [-0.25, -0.2) is 4.98 Å². The number of nitrogens with one attached hydrogen (secondary N) is 1. The number of rotatable bonds is 2. The molecule has 1 heterocycles. The van der Waals surface area contributed by atoms with Gasteiger partial charge in [-0.2, -0.15) is 0 Å². The van der Waals surface area contributed by atoms with Crippen molar-refractivity contribution < 1.29 is 4.74 Å². The van der Waals surface area contributed by atoms with Crippen molar-refractivity contribution in [2.24, 2.45) is 0 Å². The largest absolute Gasteiger partial charge is 0.494 e. The Kier molecular flexibility index (Phi) is 2.64. The summed E-state index contributed by atoms with van der Waals surface area (Å²) in [6.07, 6.45) is 0. The number of hydrogen-bond acceptors (Lipinski definition) is 3. The van der Waals surface area contributed by atoms with Gasteiger partial charge in [-0.1, -0.05) is 11.6 Å². The molecule has 4 heteroatoms. The van der Waals surface area contributed by atoms with Crippen molar-refractivity contribution in [3.63, 3.8) is 0 Å². The summed E-state index contributed by atoms with van der Waals surface area (Å²) >= 11 is 6.07. The van der Waals surface area contributed by atoms with Crippen LogP contribution in [0.4, 0.5) is 5.82 Å². The van der Waals surface area contributed by atoms with Crippen LogP contribution in [0.1, 0.15) is 0 Å². The third kappa shape index (κ3) is 1.70. The van der Waals surface area contributed by atoms with E-state index in [1.807, 2.05) is 31.3 Å². The molecule has 0 aliphatic rings. The van der Waals surface area contributed by atoms with Crippen LogP contribution in [-0.4, -0.2) is 19.1 Å². The van der Waals surface area contributed by atoms with Gasteiger partial charge in [-0.3, -0.25) is 0 Å². The van der Waals surface area contributed by atoms with Gasteiger partial charge in [0.05, 0.1) is 12.1 Å². The Morgan fingerprint density at radius 1 is 1.27 bits per heavy atom. The molecule has 3 nitrogen and oxygen atoms in total. The first-order valence-electron chi connectivity index (χ1n) is 4.57. The topological polar surface area (TPSA) is 34.1 Å². The van der Waals surface area contributed by atoms with E-state index in [2.05, 4.69) is 10.3 Å². The fourth-order valence-electron chi connectivity index (χ4n) is 1.46. The molecule has 0 saturated heterocycles. The number of methoxy groups -OCH3 is 1. The van der Waals surface area contributed by atoms with Gasteiger partial charge in [0, 0.05) is 12.4 Å². The second-order valence-electron chi connectivity index (χ2n) is 3.09. The minimum absolute atomic E-state index is 0.681. The van der Waals surface area contributed by atoms with E-state index in [4.69, 9.17) is 16.3 Å². The maximum atomic E-state index is 6.07. The molecule has 0 radical (unpaired) electrons. The van der Waals surface area contributed by atoms with Crippen molar-refractivity contribution in [1.29, 1.82) is 0 Å². The number of halogens is 1. The molecule has 1 N–H and O–H groups in total. The van der Waals surface area contributed by atoms with Gasteiger partial charge in [0.2, 0.25) is 0 Å². The second-order valence-corrected chi connectivity index (χ2v) is 3.50. The zero-order valence-corrected chi connectivity index (χ0v) is 9.30. The van der Waals surface area contributed by atoms with Crippen molar-refractivity contribution in [2.45, 2.75) is 0 Å². The monoisotopic (exact) mass is 222 g/mol. The fourth-order valence-corrected chi connectivity index (χ4v) is 1.68. The SMILES string of the molecule is CNc1ccc2c(Cl)ccc(OC)c2n1. The van der Waals surface area contributed by atoms with Crippen molar-refractivity contribution in [2.75, 3.05) is 19.5 Å². The number of nitrogens with zero attached hydrogens (tertiary/aromatic N) is 1. The zero-order valence-electron chi connectivity index (χ0n) is 8.54. The summed E-state index contributed by atoms with van der Waals surface area (Å²) < 4.78 is 5.23. The van der Waals surface area contributed by atoms with Crippen LogP contribution in [0.2, 0.25) is 5.02 Å². The number of benzene rings is 1. The number of aromatic nitrogens is 1. The van der Waals surface area contributed by atoms with E-state index < -0.39 is 0 Å². The van der Waals surface area contributed by atoms with Crippen LogP contribution < -0.4 is 10.1 Å². The molecule has 2 rings (SSSR count). The van der Waals surface area contributed by atoms with E-state index in [-0.39, 0.29) is 0 Å². The highest BCUT2D eigenvalue weighted by Gasteiger charge is 2.06. The maximum absolute atomic E-state index is 6.07. The summed E-state index contributed by atoms with van der Waals surface area (Å²) in [5.41, 5.74) is 0.775. The van der Waals surface area contributed by atoms with E-state index >= 15 is 0 Å². The summed E-state index contributed by atoms with van der Waals surface area (Å²) in [6, 6.07) is 7.44. The number of pyridine rings is 1.